The Morgan fingerprint density at radius 3 is 2.84 bits per heavy atom. The summed E-state index contributed by atoms with van der Waals surface area (Å²) in [5, 5.41) is 3.13. The molecule has 2 aromatic rings. The fourth-order valence-electron chi connectivity index (χ4n) is 3.10. The van der Waals surface area contributed by atoms with Crippen molar-refractivity contribution < 1.29 is 22.3 Å². The second-order valence-corrected chi connectivity index (χ2v) is 6.12. The first-order chi connectivity index (χ1) is 11.9. The third-order valence-electron chi connectivity index (χ3n) is 4.37. The average molecular weight is 357 g/mol. The van der Waals surface area contributed by atoms with Crippen LogP contribution in [0.25, 0.3) is 0 Å². The monoisotopic (exact) mass is 357 g/mol. The zero-order chi connectivity index (χ0) is 18.0. The molecule has 1 aromatic heterocycles. The van der Waals surface area contributed by atoms with Crippen molar-refractivity contribution in [2.24, 2.45) is 7.05 Å². The molecule has 0 amide bonds. The summed E-state index contributed by atoms with van der Waals surface area (Å²) >= 11 is 0. The Morgan fingerprint density at radius 2 is 2.16 bits per heavy atom. The molecular weight excluding hydrogens is 338 g/mol. The third kappa shape index (κ3) is 4.01. The molecule has 1 aromatic carbocycles. The first-order valence-corrected chi connectivity index (χ1v) is 8.04. The van der Waals surface area contributed by atoms with E-state index in [4.69, 9.17) is 4.74 Å². The highest BCUT2D eigenvalue weighted by Crippen LogP contribution is 2.33. The third-order valence-corrected chi connectivity index (χ3v) is 4.37. The van der Waals surface area contributed by atoms with E-state index in [-0.39, 0.29) is 24.3 Å². The van der Waals surface area contributed by atoms with Crippen LogP contribution < -0.4 is 5.32 Å². The van der Waals surface area contributed by atoms with Crippen LogP contribution in [0.3, 0.4) is 0 Å². The summed E-state index contributed by atoms with van der Waals surface area (Å²) in [5.41, 5.74) is -0.941. The number of alkyl halides is 3. The number of halogens is 4. The molecule has 25 heavy (non-hydrogen) atoms. The van der Waals surface area contributed by atoms with Crippen molar-refractivity contribution in [1.29, 1.82) is 0 Å². The lowest BCUT2D eigenvalue weighted by molar-refractivity contribution is -0.138. The smallest absolute Gasteiger partial charge is 0.369 e. The maximum Gasteiger partial charge on any atom is 0.416 e. The van der Waals surface area contributed by atoms with E-state index in [9.17, 15) is 17.6 Å². The fourth-order valence-corrected chi connectivity index (χ4v) is 3.10. The lowest BCUT2D eigenvalue weighted by Gasteiger charge is -2.32. The van der Waals surface area contributed by atoms with Crippen LogP contribution in [0.5, 0.6) is 0 Å². The van der Waals surface area contributed by atoms with Gasteiger partial charge in [0.25, 0.3) is 0 Å². The minimum Gasteiger partial charge on any atom is -0.369 e. The summed E-state index contributed by atoms with van der Waals surface area (Å²) in [6.07, 6.45) is 0.108. The molecule has 1 aliphatic heterocycles. The molecule has 136 valence electrons. The van der Waals surface area contributed by atoms with E-state index in [0.29, 0.717) is 12.7 Å². The summed E-state index contributed by atoms with van der Waals surface area (Å²) in [5.74, 6) is -0.171. The lowest BCUT2D eigenvalue weighted by atomic mass is 10.00. The van der Waals surface area contributed by atoms with Crippen molar-refractivity contribution in [3.63, 3.8) is 0 Å². The Hall–Kier alpha value is -1.93. The Bertz CT molecular complexity index is 729. The summed E-state index contributed by atoms with van der Waals surface area (Å²) in [6, 6.07) is 2.58. The van der Waals surface area contributed by atoms with Crippen molar-refractivity contribution in [3.8, 4) is 0 Å². The van der Waals surface area contributed by atoms with E-state index in [0.717, 1.165) is 24.7 Å². The molecule has 1 N–H and O–H groups in total. The molecule has 1 fully saturated rings. The number of rotatable bonds is 4. The van der Waals surface area contributed by atoms with Gasteiger partial charge in [-0.1, -0.05) is 6.07 Å². The number of aryl methyl sites for hydroxylation is 1. The molecule has 2 atom stereocenters. The Balaban J connectivity index is 1.77. The molecule has 0 bridgehead atoms. The first-order valence-electron chi connectivity index (χ1n) is 8.04. The van der Waals surface area contributed by atoms with E-state index in [2.05, 4.69) is 10.3 Å². The highest BCUT2D eigenvalue weighted by molar-refractivity contribution is 5.30. The van der Waals surface area contributed by atoms with Crippen LogP contribution in [0.4, 0.5) is 17.6 Å². The Morgan fingerprint density at radius 1 is 1.36 bits per heavy atom. The number of nitrogens with zero attached hydrogens (tertiary/aromatic N) is 2. The number of hydrogen-bond donors (Lipinski definition) is 1. The van der Waals surface area contributed by atoms with E-state index < -0.39 is 17.6 Å². The van der Waals surface area contributed by atoms with Gasteiger partial charge in [-0.05, 0) is 30.5 Å². The molecule has 0 aliphatic carbocycles. The van der Waals surface area contributed by atoms with Gasteiger partial charge in [0, 0.05) is 38.6 Å². The molecule has 0 saturated carbocycles. The quantitative estimate of drug-likeness (QED) is 0.850. The summed E-state index contributed by atoms with van der Waals surface area (Å²) in [7, 11) is 1.85. The van der Waals surface area contributed by atoms with Gasteiger partial charge in [0.15, 0.2) is 0 Å². The van der Waals surface area contributed by atoms with E-state index in [1.165, 1.54) is 6.07 Å². The van der Waals surface area contributed by atoms with Gasteiger partial charge in [-0.25, -0.2) is 9.37 Å². The molecule has 2 heterocycles. The van der Waals surface area contributed by atoms with Crippen LogP contribution in [0.15, 0.2) is 30.6 Å². The van der Waals surface area contributed by atoms with Gasteiger partial charge in [0.2, 0.25) is 0 Å². The number of ether oxygens (including phenoxy) is 1. The van der Waals surface area contributed by atoms with Crippen LogP contribution in [0.2, 0.25) is 0 Å². The van der Waals surface area contributed by atoms with Gasteiger partial charge in [-0.2, -0.15) is 13.2 Å². The average Bonchev–Trinajstić information content (AvgIpc) is 2.99. The first kappa shape index (κ1) is 17.9. The molecule has 0 spiro atoms. The molecule has 1 aliphatic rings. The van der Waals surface area contributed by atoms with Gasteiger partial charge >= 0.3 is 6.18 Å². The van der Waals surface area contributed by atoms with Crippen LogP contribution in [0, 0.1) is 5.82 Å². The molecule has 4 nitrogen and oxygen atoms in total. The largest absolute Gasteiger partial charge is 0.416 e. The molecule has 0 unspecified atom stereocenters. The minimum atomic E-state index is -4.60. The van der Waals surface area contributed by atoms with Crippen LogP contribution in [-0.2, 0) is 24.5 Å². The van der Waals surface area contributed by atoms with Gasteiger partial charge in [0.1, 0.15) is 17.7 Å². The van der Waals surface area contributed by atoms with Crippen molar-refractivity contribution in [3.05, 3.63) is 53.4 Å². The zero-order valence-corrected chi connectivity index (χ0v) is 13.7. The van der Waals surface area contributed by atoms with Crippen molar-refractivity contribution in [1.82, 2.24) is 14.9 Å². The normalized spacial score (nSPS) is 21.5. The maximum absolute atomic E-state index is 13.2. The highest BCUT2D eigenvalue weighted by Gasteiger charge is 2.35. The second-order valence-electron chi connectivity index (χ2n) is 6.12. The zero-order valence-electron chi connectivity index (χ0n) is 13.7. The number of imidazole rings is 1. The van der Waals surface area contributed by atoms with Crippen molar-refractivity contribution in [2.75, 3.05) is 6.61 Å². The number of aromatic nitrogens is 2. The van der Waals surface area contributed by atoms with Gasteiger partial charge in [-0.15, -0.1) is 0 Å². The van der Waals surface area contributed by atoms with Crippen LogP contribution in [0.1, 0.15) is 35.9 Å². The van der Waals surface area contributed by atoms with E-state index in [1.54, 1.807) is 12.4 Å². The fraction of sp³-hybridized carbons (Fsp3) is 0.471. The molecule has 0 radical (unpaired) electrons. The van der Waals surface area contributed by atoms with Gasteiger partial charge < -0.3 is 14.6 Å². The van der Waals surface area contributed by atoms with E-state index >= 15 is 0 Å². The molecule has 8 heteroatoms. The summed E-state index contributed by atoms with van der Waals surface area (Å²) < 4.78 is 60.2. The summed E-state index contributed by atoms with van der Waals surface area (Å²) in [6.45, 7) is 0.560. The standard InChI is InChI=1S/C17H19F4N3O/c1-24-7-6-22-16(24)15-14(3-2-8-25-15)23-10-11-4-5-12(18)9-13(11)17(19,20)21/h4-7,9,14-15,23H,2-3,8,10H2,1H3/t14-,15-/m0/s1. The van der Waals surface area contributed by atoms with Crippen LogP contribution >= 0.6 is 0 Å². The molecular formula is C17H19F4N3O. The number of hydrogen-bond acceptors (Lipinski definition) is 3. The lowest BCUT2D eigenvalue weighted by Crippen LogP contribution is -2.40. The minimum absolute atomic E-state index is 0.0121. The number of benzene rings is 1. The predicted octanol–water partition coefficient (Wildman–Crippen LogP) is 3.59. The summed E-state index contributed by atoms with van der Waals surface area (Å²) in [4.78, 5) is 4.28. The van der Waals surface area contributed by atoms with Crippen LogP contribution in [-0.4, -0.2) is 22.2 Å². The van der Waals surface area contributed by atoms with Crippen molar-refractivity contribution >= 4 is 0 Å². The maximum atomic E-state index is 13.2. The topological polar surface area (TPSA) is 39.1 Å². The second kappa shape index (κ2) is 7.13. The Kier molecular flexibility index (Phi) is 5.10. The number of nitrogens with one attached hydrogen (secondary N) is 1. The van der Waals surface area contributed by atoms with Gasteiger partial charge in [0.05, 0.1) is 5.56 Å². The van der Waals surface area contributed by atoms with Crippen molar-refractivity contribution in [2.45, 2.75) is 37.7 Å². The Labute approximate surface area is 142 Å². The van der Waals surface area contributed by atoms with Gasteiger partial charge in [-0.3, -0.25) is 0 Å². The predicted molar refractivity (Wildman–Crippen MR) is 83.2 cm³/mol. The highest BCUT2D eigenvalue weighted by atomic mass is 19.4. The van der Waals surface area contributed by atoms with E-state index in [1.807, 2.05) is 11.6 Å². The SMILES string of the molecule is Cn1ccnc1[C@H]1OCCC[C@@H]1NCc1ccc(F)cc1C(F)(F)F. The molecule has 3 rings (SSSR count). The molecule has 1 saturated heterocycles.